The molecule has 2 N–H and O–H groups in total. The van der Waals surface area contributed by atoms with Gasteiger partial charge in [0.1, 0.15) is 5.82 Å². The first-order valence-electron chi connectivity index (χ1n) is 5.69. The zero-order chi connectivity index (χ0) is 13.1. The third-order valence-electron chi connectivity index (χ3n) is 2.30. The van der Waals surface area contributed by atoms with Crippen LogP contribution in [0.1, 0.15) is 50.6 Å². The van der Waals surface area contributed by atoms with Crippen molar-refractivity contribution in [1.82, 2.24) is 20.5 Å². The van der Waals surface area contributed by atoms with Crippen molar-refractivity contribution in [2.45, 2.75) is 45.6 Å². The average molecular weight is 236 g/mol. The monoisotopic (exact) mass is 236 g/mol. The van der Waals surface area contributed by atoms with Crippen molar-refractivity contribution in [1.29, 1.82) is 0 Å². The first-order valence-corrected chi connectivity index (χ1v) is 5.69. The number of amides is 1. The second-order valence-corrected chi connectivity index (χ2v) is 5.16. The van der Waals surface area contributed by atoms with Crippen LogP contribution < -0.4 is 5.32 Å². The smallest absolute Gasteiger partial charge is 0.291 e. The van der Waals surface area contributed by atoms with E-state index in [2.05, 4.69) is 27.1 Å². The highest BCUT2D eigenvalue weighted by molar-refractivity contribution is 5.90. The molecule has 0 bridgehead atoms. The Hall–Kier alpha value is -1.65. The highest BCUT2D eigenvalue weighted by Crippen LogP contribution is 2.17. The first-order chi connectivity index (χ1) is 7.84. The molecule has 1 atom stereocenters. The van der Waals surface area contributed by atoms with E-state index in [4.69, 9.17) is 0 Å². The summed E-state index contributed by atoms with van der Waals surface area (Å²) in [5.74, 6) is 0.635. The lowest BCUT2D eigenvalue weighted by atomic mass is 9.96. The molecule has 1 aromatic heterocycles. The Morgan fingerprint density at radius 1 is 1.59 bits per heavy atom. The van der Waals surface area contributed by atoms with Gasteiger partial charge in [-0.15, -0.1) is 11.7 Å². The second kappa shape index (κ2) is 5.12. The van der Waals surface area contributed by atoms with Gasteiger partial charge in [-0.3, -0.25) is 9.89 Å². The first kappa shape index (κ1) is 13.4. The summed E-state index contributed by atoms with van der Waals surface area (Å²) in [6.45, 7) is 11.6. The molecule has 1 aromatic rings. The number of aromatic nitrogens is 3. The molecule has 0 spiro atoms. The molecule has 1 unspecified atom stereocenters. The summed E-state index contributed by atoms with van der Waals surface area (Å²) in [7, 11) is 0. The molecule has 17 heavy (non-hydrogen) atoms. The van der Waals surface area contributed by atoms with Gasteiger partial charge in [0, 0.05) is 11.5 Å². The van der Waals surface area contributed by atoms with E-state index in [1.165, 1.54) is 0 Å². The molecule has 1 rings (SSSR count). The summed E-state index contributed by atoms with van der Waals surface area (Å²) in [5, 5.41) is 9.52. The summed E-state index contributed by atoms with van der Waals surface area (Å²) in [6, 6.07) is 0.0385. The third-order valence-corrected chi connectivity index (χ3v) is 2.30. The Kier molecular flexibility index (Phi) is 4.04. The molecule has 0 aliphatic heterocycles. The largest absolute Gasteiger partial charge is 0.346 e. The fourth-order valence-corrected chi connectivity index (χ4v) is 1.30. The summed E-state index contributed by atoms with van der Waals surface area (Å²) in [6.07, 6.45) is 2.49. The number of nitrogens with zero attached hydrogens (tertiary/aromatic N) is 2. The van der Waals surface area contributed by atoms with Gasteiger partial charge in [0.15, 0.2) is 0 Å². The van der Waals surface area contributed by atoms with Crippen LogP contribution in [0.25, 0.3) is 0 Å². The number of hydrogen-bond acceptors (Lipinski definition) is 3. The van der Waals surface area contributed by atoms with Crippen molar-refractivity contribution in [3.63, 3.8) is 0 Å². The quantitative estimate of drug-likeness (QED) is 0.783. The number of carbonyl (C=O) groups excluding carboxylic acids is 1. The highest BCUT2D eigenvalue weighted by atomic mass is 16.2. The standard InChI is InChI=1S/C12H20N4O/c1-6-7-8(2)13-10(17)9-14-11(16-15-9)12(3,4)5/h6,8H,1,7H2,2-5H3,(H,13,17)(H,14,15,16). The lowest BCUT2D eigenvalue weighted by Crippen LogP contribution is -2.32. The third kappa shape index (κ3) is 3.69. The van der Waals surface area contributed by atoms with Gasteiger partial charge in [-0.2, -0.15) is 0 Å². The van der Waals surface area contributed by atoms with Crippen LogP contribution in [0, 0.1) is 0 Å². The molecular formula is C12H20N4O. The highest BCUT2D eigenvalue weighted by Gasteiger charge is 2.21. The van der Waals surface area contributed by atoms with Gasteiger partial charge in [0.05, 0.1) is 0 Å². The van der Waals surface area contributed by atoms with Crippen LogP contribution in [0.3, 0.4) is 0 Å². The molecule has 0 aromatic carbocycles. The predicted octanol–water partition coefficient (Wildman–Crippen LogP) is 1.80. The maximum Gasteiger partial charge on any atom is 0.291 e. The molecule has 0 fully saturated rings. The van der Waals surface area contributed by atoms with Crippen molar-refractivity contribution in [3.05, 3.63) is 24.3 Å². The van der Waals surface area contributed by atoms with Gasteiger partial charge >= 0.3 is 0 Å². The van der Waals surface area contributed by atoms with E-state index in [-0.39, 0.29) is 23.2 Å². The van der Waals surface area contributed by atoms with E-state index in [0.29, 0.717) is 5.82 Å². The number of rotatable bonds is 4. The average Bonchev–Trinajstić information content (AvgIpc) is 2.65. The van der Waals surface area contributed by atoms with Gasteiger partial charge in [-0.05, 0) is 13.3 Å². The number of hydrogen-bond donors (Lipinski definition) is 2. The van der Waals surface area contributed by atoms with Gasteiger partial charge in [-0.25, -0.2) is 4.98 Å². The van der Waals surface area contributed by atoms with Crippen molar-refractivity contribution in [2.24, 2.45) is 0 Å². The number of carbonyl (C=O) groups is 1. The zero-order valence-electron chi connectivity index (χ0n) is 10.9. The molecule has 1 heterocycles. The Morgan fingerprint density at radius 2 is 2.24 bits per heavy atom. The van der Waals surface area contributed by atoms with E-state index >= 15 is 0 Å². The summed E-state index contributed by atoms with van der Waals surface area (Å²) in [4.78, 5) is 16.0. The van der Waals surface area contributed by atoms with Crippen LogP contribution in [-0.2, 0) is 5.41 Å². The minimum absolute atomic E-state index is 0.0385. The van der Waals surface area contributed by atoms with E-state index in [1.807, 2.05) is 27.7 Å². The van der Waals surface area contributed by atoms with Gasteiger partial charge in [0.25, 0.3) is 5.91 Å². The molecule has 0 aliphatic rings. The van der Waals surface area contributed by atoms with E-state index in [9.17, 15) is 4.79 Å². The van der Waals surface area contributed by atoms with Crippen molar-refractivity contribution in [2.75, 3.05) is 0 Å². The molecule has 0 saturated heterocycles. The molecule has 1 amide bonds. The second-order valence-electron chi connectivity index (χ2n) is 5.16. The van der Waals surface area contributed by atoms with Gasteiger partial charge in [-0.1, -0.05) is 26.8 Å². The van der Waals surface area contributed by atoms with Gasteiger partial charge < -0.3 is 5.32 Å². The fourth-order valence-electron chi connectivity index (χ4n) is 1.30. The van der Waals surface area contributed by atoms with Crippen LogP contribution in [0.15, 0.2) is 12.7 Å². The fraction of sp³-hybridized carbons (Fsp3) is 0.583. The van der Waals surface area contributed by atoms with Crippen molar-refractivity contribution >= 4 is 5.91 Å². The van der Waals surface area contributed by atoms with Crippen LogP contribution in [-0.4, -0.2) is 27.1 Å². The maximum absolute atomic E-state index is 11.8. The Labute approximate surface area is 102 Å². The minimum atomic E-state index is -0.258. The summed E-state index contributed by atoms with van der Waals surface area (Å²) >= 11 is 0. The molecule has 5 heteroatoms. The lowest BCUT2D eigenvalue weighted by molar-refractivity contribution is 0.0930. The SMILES string of the molecule is C=CCC(C)NC(=O)c1n[nH]c(C(C)(C)C)n1. The molecular weight excluding hydrogens is 216 g/mol. The Bertz CT molecular complexity index is 403. The van der Waals surface area contributed by atoms with Crippen molar-refractivity contribution in [3.8, 4) is 0 Å². The van der Waals surface area contributed by atoms with E-state index < -0.39 is 0 Å². The minimum Gasteiger partial charge on any atom is -0.346 e. The molecule has 0 radical (unpaired) electrons. The predicted molar refractivity (Wildman–Crippen MR) is 66.8 cm³/mol. The Balaban J connectivity index is 2.70. The molecule has 94 valence electrons. The molecule has 0 saturated carbocycles. The zero-order valence-corrected chi connectivity index (χ0v) is 10.9. The van der Waals surface area contributed by atoms with Crippen molar-refractivity contribution < 1.29 is 4.79 Å². The van der Waals surface area contributed by atoms with Crippen LogP contribution in [0.4, 0.5) is 0 Å². The number of aromatic amines is 1. The van der Waals surface area contributed by atoms with Crippen LogP contribution >= 0.6 is 0 Å². The summed E-state index contributed by atoms with van der Waals surface area (Å²) in [5.41, 5.74) is -0.141. The lowest BCUT2D eigenvalue weighted by Gasteiger charge is -2.13. The van der Waals surface area contributed by atoms with Crippen LogP contribution in [0.5, 0.6) is 0 Å². The topological polar surface area (TPSA) is 70.7 Å². The normalized spacial score (nSPS) is 13.2. The number of nitrogens with one attached hydrogen (secondary N) is 2. The van der Waals surface area contributed by atoms with E-state index in [0.717, 1.165) is 6.42 Å². The van der Waals surface area contributed by atoms with E-state index in [1.54, 1.807) is 6.08 Å². The van der Waals surface area contributed by atoms with Crippen LogP contribution in [0.2, 0.25) is 0 Å². The molecule has 5 nitrogen and oxygen atoms in total. The Morgan fingerprint density at radius 3 is 2.71 bits per heavy atom. The summed E-state index contributed by atoms with van der Waals surface area (Å²) < 4.78 is 0. The maximum atomic E-state index is 11.8. The molecule has 0 aliphatic carbocycles. The van der Waals surface area contributed by atoms with Gasteiger partial charge in [0.2, 0.25) is 5.82 Å². The number of H-pyrrole nitrogens is 1.